The second kappa shape index (κ2) is 13.4. The third kappa shape index (κ3) is 5.15. The molecular formula is C54H30N6O. The number of hydrogen-bond acceptors (Lipinski definition) is 5. The normalized spacial score (nSPS) is 11.6. The Morgan fingerprint density at radius 2 is 1.08 bits per heavy atom. The lowest BCUT2D eigenvalue weighted by molar-refractivity contribution is 0.669. The number of aromatic nitrogens is 4. The molecule has 0 saturated carbocycles. The average Bonchev–Trinajstić information content (AvgIpc) is 3.99. The second-order valence-corrected chi connectivity index (χ2v) is 15.1. The summed E-state index contributed by atoms with van der Waals surface area (Å²) in [6, 6.07) is 66.1. The Labute approximate surface area is 348 Å². The summed E-state index contributed by atoms with van der Waals surface area (Å²) in [4.78, 5) is 10.2. The van der Waals surface area contributed by atoms with E-state index in [4.69, 9.17) is 14.4 Å². The Morgan fingerprint density at radius 3 is 1.85 bits per heavy atom. The van der Waals surface area contributed by atoms with E-state index in [0.717, 1.165) is 88.1 Å². The number of rotatable bonds is 5. The first kappa shape index (κ1) is 34.3. The van der Waals surface area contributed by atoms with Crippen molar-refractivity contribution in [1.29, 1.82) is 10.5 Å². The molecule has 8 aromatic carbocycles. The fraction of sp³-hybridized carbons (Fsp3) is 0. The summed E-state index contributed by atoms with van der Waals surface area (Å²) < 4.78 is 10.7. The van der Waals surface area contributed by atoms with Crippen LogP contribution in [0, 0.1) is 22.7 Å². The molecule has 0 aliphatic carbocycles. The van der Waals surface area contributed by atoms with Gasteiger partial charge in [-0.25, -0.2) is 9.97 Å². The Morgan fingerprint density at radius 1 is 0.443 bits per heavy atom. The molecule has 0 fully saturated rings. The van der Waals surface area contributed by atoms with Crippen LogP contribution in [0.25, 0.3) is 111 Å². The molecule has 61 heavy (non-hydrogen) atoms. The smallest absolute Gasteiger partial charge is 0.160 e. The zero-order chi connectivity index (χ0) is 40.6. The van der Waals surface area contributed by atoms with Crippen LogP contribution in [0.2, 0.25) is 0 Å². The van der Waals surface area contributed by atoms with E-state index in [2.05, 4.69) is 100 Å². The van der Waals surface area contributed by atoms with Crippen LogP contribution in [0.1, 0.15) is 11.1 Å². The highest BCUT2D eigenvalue weighted by Gasteiger charge is 2.24. The van der Waals surface area contributed by atoms with Crippen LogP contribution in [0.4, 0.5) is 0 Å². The van der Waals surface area contributed by atoms with Crippen molar-refractivity contribution < 1.29 is 4.42 Å². The van der Waals surface area contributed by atoms with E-state index in [1.54, 1.807) is 0 Å². The van der Waals surface area contributed by atoms with E-state index in [-0.39, 0.29) is 0 Å². The molecule has 0 amide bonds. The minimum atomic E-state index is 0.328. The number of nitrogens with zero attached hydrogens (tertiary/aromatic N) is 6. The first-order valence-electron chi connectivity index (χ1n) is 20.0. The molecule has 4 aromatic heterocycles. The van der Waals surface area contributed by atoms with Crippen molar-refractivity contribution in [2.24, 2.45) is 0 Å². The van der Waals surface area contributed by atoms with Crippen molar-refractivity contribution in [2.45, 2.75) is 0 Å². The Kier molecular flexibility index (Phi) is 7.52. The van der Waals surface area contributed by atoms with Gasteiger partial charge in [-0.2, -0.15) is 10.5 Å². The predicted octanol–water partition coefficient (Wildman–Crippen LogP) is 13.3. The van der Waals surface area contributed by atoms with E-state index in [1.165, 1.54) is 0 Å². The van der Waals surface area contributed by atoms with Crippen LogP contribution in [0.15, 0.2) is 186 Å². The number of para-hydroxylation sites is 4. The number of benzene rings is 8. The summed E-state index contributed by atoms with van der Waals surface area (Å²) in [5.41, 5.74) is 11.5. The van der Waals surface area contributed by atoms with E-state index in [9.17, 15) is 10.5 Å². The largest absolute Gasteiger partial charge is 0.456 e. The first-order valence-corrected chi connectivity index (χ1v) is 20.0. The highest BCUT2D eigenvalue weighted by Crippen LogP contribution is 2.43. The summed E-state index contributed by atoms with van der Waals surface area (Å²) >= 11 is 0. The Balaban J connectivity index is 1.11. The zero-order valence-corrected chi connectivity index (χ0v) is 32.4. The van der Waals surface area contributed by atoms with Crippen molar-refractivity contribution in [3.63, 3.8) is 0 Å². The molecule has 0 radical (unpaired) electrons. The molecule has 0 atom stereocenters. The van der Waals surface area contributed by atoms with Gasteiger partial charge in [-0.05, 0) is 66.7 Å². The lowest BCUT2D eigenvalue weighted by Crippen LogP contribution is -2.03. The third-order valence-electron chi connectivity index (χ3n) is 11.8. The highest BCUT2D eigenvalue weighted by atomic mass is 16.3. The highest BCUT2D eigenvalue weighted by molar-refractivity contribution is 6.26. The molecule has 7 nitrogen and oxygen atoms in total. The molecule has 12 rings (SSSR count). The average molecular weight is 779 g/mol. The minimum Gasteiger partial charge on any atom is -0.456 e. The van der Waals surface area contributed by atoms with Gasteiger partial charge in [0.2, 0.25) is 0 Å². The maximum Gasteiger partial charge on any atom is 0.160 e. The zero-order valence-electron chi connectivity index (χ0n) is 32.4. The molecule has 0 bridgehead atoms. The van der Waals surface area contributed by atoms with Crippen molar-refractivity contribution in [2.75, 3.05) is 0 Å². The summed E-state index contributed by atoms with van der Waals surface area (Å²) in [6.45, 7) is 0. The number of furan rings is 1. The van der Waals surface area contributed by atoms with Gasteiger partial charge in [0, 0.05) is 54.7 Å². The quantitative estimate of drug-likeness (QED) is 0.173. The standard InChI is InChI=1S/C54H30N6O/c55-31-36-29-34(52-43(32-56)51(33-13-3-1-4-14-33)57-54(58-52)35-24-28-49-42(30-35)39-18-9-12-22-48(39)61-49)23-26-44(36)60-45-20-10-7-17-38(45)40-25-27-47-50(53(40)60)41-19-8-11-21-46(41)59(47)37-15-5-2-6-16-37/h1-30H. The maximum atomic E-state index is 11.1. The minimum absolute atomic E-state index is 0.328. The van der Waals surface area contributed by atoms with Gasteiger partial charge < -0.3 is 13.6 Å². The van der Waals surface area contributed by atoms with Gasteiger partial charge in [-0.15, -0.1) is 0 Å². The fourth-order valence-corrected chi connectivity index (χ4v) is 9.16. The molecule has 12 aromatic rings. The van der Waals surface area contributed by atoms with Gasteiger partial charge in [-0.3, -0.25) is 0 Å². The van der Waals surface area contributed by atoms with Crippen molar-refractivity contribution in [3.8, 4) is 57.4 Å². The van der Waals surface area contributed by atoms with Gasteiger partial charge in [0.1, 0.15) is 28.9 Å². The van der Waals surface area contributed by atoms with E-state index in [0.29, 0.717) is 33.9 Å². The summed E-state index contributed by atoms with van der Waals surface area (Å²) in [6.07, 6.45) is 0. The molecule has 0 saturated heterocycles. The van der Waals surface area contributed by atoms with Gasteiger partial charge in [-0.1, -0.05) is 115 Å². The van der Waals surface area contributed by atoms with Gasteiger partial charge in [0.05, 0.1) is 44.7 Å². The molecular weight excluding hydrogens is 749 g/mol. The van der Waals surface area contributed by atoms with Crippen LogP contribution in [-0.4, -0.2) is 19.1 Å². The number of hydrogen-bond donors (Lipinski definition) is 0. The van der Waals surface area contributed by atoms with Crippen LogP contribution < -0.4 is 0 Å². The fourth-order valence-electron chi connectivity index (χ4n) is 9.16. The van der Waals surface area contributed by atoms with Gasteiger partial charge >= 0.3 is 0 Å². The molecule has 0 unspecified atom stereocenters. The third-order valence-corrected chi connectivity index (χ3v) is 11.8. The maximum absolute atomic E-state index is 11.1. The lowest BCUT2D eigenvalue weighted by atomic mass is 9.98. The van der Waals surface area contributed by atoms with Crippen LogP contribution >= 0.6 is 0 Å². The van der Waals surface area contributed by atoms with Crippen LogP contribution in [-0.2, 0) is 0 Å². The van der Waals surface area contributed by atoms with Crippen LogP contribution in [0.5, 0.6) is 0 Å². The van der Waals surface area contributed by atoms with E-state index in [1.807, 2.05) is 103 Å². The van der Waals surface area contributed by atoms with Gasteiger partial charge in [0.25, 0.3) is 0 Å². The molecule has 7 heteroatoms. The molecule has 4 heterocycles. The number of nitriles is 2. The van der Waals surface area contributed by atoms with Crippen LogP contribution in [0.3, 0.4) is 0 Å². The van der Waals surface area contributed by atoms with Crippen molar-refractivity contribution >= 4 is 65.6 Å². The topological polar surface area (TPSA) is 96.4 Å². The molecule has 0 aliphatic heterocycles. The summed E-state index contributed by atoms with van der Waals surface area (Å²) in [5.74, 6) is 0.460. The van der Waals surface area contributed by atoms with E-state index >= 15 is 0 Å². The predicted molar refractivity (Wildman–Crippen MR) is 244 cm³/mol. The molecule has 0 N–H and O–H groups in total. The Bertz CT molecular complexity index is 3840. The van der Waals surface area contributed by atoms with Crippen molar-refractivity contribution in [3.05, 3.63) is 193 Å². The van der Waals surface area contributed by atoms with E-state index < -0.39 is 0 Å². The first-order chi connectivity index (χ1) is 30.2. The summed E-state index contributed by atoms with van der Waals surface area (Å²) in [5, 5.41) is 28.2. The van der Waals surface area contributed by atoms with Gasteiger partial charge in [0.15, 0.2) is 5.82 Å². The Hall–Kier alpha value is -8.78. The van der Waals surface area contributed by atoms with Crippen molar-refractivity contribution in [1.82, 2.24) is 19.1 Å². The molecule has 0 spiro atoms. The number of fused-ring (bicyclic) bond motifs is 10. The molecule has 282 valence electrons. The SMILES string of the molecule is N#Cc1cc(-c2nc(-c3ccc4oc5ccccc5c4c3)nc(-c3ccccc3)c2C#N)ccc1-n1c2ccccc2c2ccc3c(c4ccccc4n3-c3ccccc3)c21. The lowest BCUT2D eigenvalue weighted by Gasteiger charge is -2.15. The summed E-state index contributed by atoms with van der Waals surface area (Å²) in [7, 11) is 0. The monoisotopic (exact) mass is 778 g/mol. The molecule has 0 aliphatic rings. The second-order valence-electron chi connectivity index (χ2n) is 15.1.